The lowest BCUT2D eigenvalue weighted by molar-refractivity contribution is -0.133. The Kier molecular flexibility index (Phi) is 7.12. The van der Waals surface area contributed by atoms with Crippen LogP contribution in [0.1, 0.15) is 27.5 Å². The van der Waals surface area contributed by atoms with Gasteiger partial charge in [-0.05, 0) is 19.1 Å². The van der Waals surface area contributed by atoms with Crippen LogP contribution >= 0.6 is 11.3 Å². The predicted octanol–water partition coefficient (Wildman–Crippen LogP) is 2.56. The van der Waals surface area contributed by atoms with Crippen LogP contribution in [0.2, 0.25) is 0 Å². The average Bonchev–Trinajstić information content (AvgIpc) is 3.07. The number of amides is 1. The molecule has 1 aromatic heterocycles. The monoisotopic (exact) mass is 373 g/mol. The van der Waals surface area contributed by atoms with E-state index < -0.39 is 5.97 Å². The maximum absolute atomic E-state index is 12.3. The molecule has 7 nitrogen and oxygen atoms in total. The average molecular weight is 373 g/mol. The van der Waals surface area contributed by atoms with Crippen molar-refractivity contribution >= 4 is 23.2 Å². The van der Waals surface area contributed by atoms with Gasteiger partial charge >= 0.3 is 5.97 Å². The van der Waals surface area contributed by atoms with Crippen LogP contribution in [0.25, 0.3) is 0 Å². The highest BCUT2D eigenvalue weighted by atomic mass is 32.1. The van der Waals surface area contributed by atoms with E-state index in [1.807, 2.05) is 18.4 Å². The molecule has 0 unspecified atom stereocenters. The van der Waals surface area contributed by atoms with E-state index in [9.17, 15) is 9.59 Å². The molecule has 0 aliphatic heterocycles. The number of rotatable bonds is 8. The molecule has 0 N–H and O–H groups in total. The SMILES string of the molecule is Cc1nc(COc2ccccc2C(=O)OCC(=O)N(C)CCC#N)cs1. The van der Waals surface area contributed by atoms with Crippen LogP contribution in [-0.4, -0.2) is 42.0 Å². The van der Waals surface area contributed by atoms with Crippen molar-refractivity contribution in [2.24, 2.45) is 0 Å². The normalized spacial score (nSPS) is 10.0. The number of ether oxygens (including phenoxy) is 2. The molecule has 2 aromatic rings. The van der Waals surface area contributed by atoms with E-state index in [-0.39, 0.29) is 31.1 Å². The first-order valence-electron chi connectivity index (χ1n) is 7.92. The quantitative estimate of drug-likeness (QED) is 0.660. The molecular weight excluding hydrogens is 354 g/mol. The first-order chi connectivity index (χ1) is 12.5. The zero-order valence-corrected chi connectivity index (χ0v) is 15.4. The number of nitriles is 1. The number of carbonyl (C=O) groups excluding carboxylic acids is 2. The molecule has 0 spiro atoms. The molecule has 0 radical (unpaired) electrons. The van der Waals surface area contributed by atoms with Gasteiger partial charge in [0.05, 0.1) is 23.2 Å². The zero-order valence-electron chi connectivity index (χ0n) is 14.6. The first kappa shape index (κ1) is 19.4. The molecule has 0 bridgehead atoms. The van der Waals surface area contributed by atoms with E-state index >= 15 is 0 Å². The molecule has 0 saturated carbocycles. The fraction of sp³-hybridized carbons (Fsp3) is 0.333. The molecule has 0 saturated heterocycles. The van der Waals surface area contributed by atoms with E-state index in [2.05, 4.69) is 4.98 Å². The summed E-state index contributed by atoms with van der Waals surface area (Å²) < 4.78 is 10.8. The minimum absolute atomic E-state index is 0.225. The maximum atomic E-state index is 12.3. The fourth-order valence-corrected chi connectivity index (χ4v) is 2.64. The third kappa shape index (κ3) is 5.57. The van der Waals surface area contributed by atoms with Crippen molar-refractivity contribution in [3.05, 3.63) is 45.9 Å². The third-order valence-electron chi connectivity index (χ3n) is 3.46. The number of likely N-dealkylation sites (N-methyl/N-ethyl adjacent to an activating group) is 1. The number of benzene rings is 1. The molecular formula is C18H19N3O4S. The van der Waals surface area contributed by atoms with Gasteiger partial charge in [0.2, 0.25) is 0 Å². The van der Waals surface area contributed by atoms with Crippen molar-refractivity contribution in [1.82, 2.24) is 9.88 Å². The van der Waals surface area contributed by atoms with E-state index in [4.69, 9.17) is 14.7 Å². The second-order valence-corrected chi connectivity index (χ2v) is 6.50. The van der Waals surface area contributed by atoms with E-state index in [1.54, 1.807) is 31.3 Å². The number of nitrogens with zero attached hydrogens (tertiary/aromatic N) is 3. The van der Waals surface area contributed by atoms with E-state index in [0.717, 1.165) is 10.7 Å². The Morgan fingerprint density at radius 3 is 2.81 bits per heavy atom. The number of esters is 1. The molecule has 1 aromatic carbocycles. The minimum Gasteiger partial charge on any atom is -0.486 e. The molecule has 0 fully saturated rings. The number of thiazole rings is 1. The zero-order chi connectivity index (χ0) is 18.9. The van der Waals surface area contributed by atoms with Gasteiger partial charge < -0.3 is 14.4 Å². The Morgan fingerprint density at radius 2 is 2.12 bits per heavy atom. The summed E-state index contributed by atoms with van der Waals surface area (Å²) in [5.74, 6) is -0.643. The highest BCUT2D eigenvalue weighted by molar-refractivity contribution is 7.09. The lowest BCUT2D eigenvalue weighted by Crippen LogP contribution is -2.32. The lowest BCUT2D eigenvalue weighted by Gasteiger charge is -2.15. The molecule has 1 heterocycles. The number of aryl methyl sites for hydroxylation is 1. The highest BCUT2D eigenvalue weighted by Crippen LogP contribution is 2.21. The van der Waals surface area contributed by atoms with Gasteiger partial charge in [-0.2, -0.15) is 5.26 Å². The largest absolute Gasteiger partial charge is 0.486 e. The molecule has 1 amide bonds. The first-order valence-corrected chi connectivity index (χ1v) is 8.80. The smallest absolute Gasteiger partial charge is 0.342 e. The molecule has 0 atom stereocenters. The maximum Gasteiger partial charge on any atom is 0.342 e. The Bertz CT molecular complexity index is 813. The number of hydrogen-bond donors (Lipinski definition) is 0. The van der Waals surface area contributed by atoms with Crippen LogP contribution in [0.15, 0.2) is 29.6 Å². The van der Waals surface area contributed by atoms with Gasteiger partial charge in [0.25, 0.3) is 5.91 Å². The minimum atomic E-state index is -0.642. The van der Waals surface area contributed by atoms with E-state index in [1.165, 1.54) is 16.2 Å². The Hall–Kier alpha value is -2.92. The van der Waals surface area contributed by atoms with E-state index in [0.29, 0.717) is 12.3 Å². The van der Waals surface area contributed by atoms with Gasteiger partial charge in [-0.3, -0.25) is 4.79 Å². The van der Waals surface area contributed by atoms with Crippen molar-refractivity contribution in [2.45, 2.75) is 20.0 Å². The number of para-hydroxylation sites is 1. The van der Waals surface area contributed by atoms with Gasteiger partial charge in [0.1, 0.15) is 17.9 Å². The van der Waals surface area contributed by atoms with Crippen LogP contribution < -0.4 is 4.74 Å². The van der Waals surface area contributed by atoms with Crippen LogP contribution in [0, 0.1) is 18.3 Å². The number of carbonyl (C=O) groups is 2. The second-order valence-electron chi connectivity index (χ2n) is 5.44. The second kappa shape index (κ2) is 9.53. The summed E-state index contributed by atoms with van der Waals surface area (Å²) in [5.41, 5.74) is 1.02. The summed E-state index contributed by atoms with van der Waals surface area (Å²) in [4.78, 5) is 29.8. The summed E-state index contributed by atoms with van der Waals surface area (Å²) >= 11 is 1.52. The van der Waals surface area contributed by atoms with Gasteiger partial charge in [0.15, 0.2) is 6.61 Å². The van der Waals surface area contributed by atoms with Crippen LogP contribution in [0.5, 0.6) is 5.75 Å². The third-order valence-corrected chi connectivity index (χ3v) is 4.28. The Balaban J connectivity index is 1.94. The van der Waals surface area contributed by atoms with Gasteiger partial charge in [0, 0.05) is 19.0 Å². The number of hydrogen-bond acceptors (Lipinski definition) is 7. The molecule has 26 heavy (non-hydrogen) atoms. The molecule has 0 aliphatic rings. The standard InChI is InChI=1S/C18H19N3O4S/c1-13-20-14(12-26-13)10-24-16-7-4-3-6-15(16)18(23)25-11-17(22)21(2)9-5-8-19/h3-4,6-7,12H,5,9-11H2,1-2H3. The summed E-state index contributed by atoms with van der Waals surface area (Å²) in [7, 11) is 1.56. The van der Waals surface area contributed by atoms with Crippen molar-refractivity contribution in [2.75, 3.05) is 20.2 Å². The number of aromatic nitrogens is 1. The molecule has 136 valence electrons. The van der Waals surface area contributed by atoms with Gasteiger partial charge in [-0.1, -0.05) is 12.1 Å². The highest BCUT2D eigenvalue weighted by Gasteiger charge is 2.17. The Morgan fingerprint density at radius 1 is 1.35 bits per heavy atom. The summed E-state index contributed by atoms with van der Waals surface area (Å²) in [6.45, 7) is 2.05. The van der Waals surface area contributed by atoms with Crippen molar-refractivity contribution < 1.29 is 19.1 Å². The molecule has 2 rings (SSSR count). The van der Waals surface area contributed by atoms with Crippen molar-refractivity contribution in [3.8, 4) is 11.8 Å². The van der Waals surface area contributed by atoms with Crippen molar-refractivity contribution in [3.63, 3.8) is 0 Å². The van der Waals surface area contributed by atoms with Gasteiger partial charge in [-0.25, -0.2) is 9.78 Å². The molecule has 8 heteroatoms. The summed E-state index contributed by atoms with van der Waals surface area (Å²) in [6, 6.07) is 8.64. The van der Waals surface area contributed by atoms with Crippen molar-refractivity contribution in [1.29, 1.82) is 5.26 Å². The summed E-state index contributed by atoms with van der Waals surface area (Å²) in [5, 5.41) is 11.4. The lowest BCUT2D eigenvalue weighted by atomic mass is 10.2. The van der Waals surface area contributed by atoms with Crippen LogP contribution in [0.4, 0.5) is 0 Å². The topological polar surface area (TPSA) is 92.5 Å². The summed E-state index contributed by atoms with van der Waals surface area (Å²) in [6.07, 6.45) is 0.225. The molecule has 0 aliphatic carbocycles. The fourth-order valence-electron chi connectivity index (χ4n) is 2.05. The van der Waals surface area contributed by atoms with Gasteiger partial charge in [-0.15, -0.1) is 11.3 Å². The Labute approximate surface area is 155 Å². The van der Waals surface area contributed by atoms with Crippen LogP contribution in [0.3, 0.4) is 0 Å². The van der Waals surface area contributed by atoms with Crippen LogP contribution in [-0.2, 0) is 16.1 Å². The predicted molar refractivity (Wildman–Crippen MR) is 95.8 cm³/mol.